The van der Waals surface area contributed by atoms with E-state index in [1.807, 2.05) is 17.3 Å². The van der Waals surface area contributed by atoms with Crippen LogP contribution in [0.25, 0.3) is 10.7 Å². The molecule has 3 heterocycles. The number of aryl methyl sites for hydroxylation is 1. The number of imidazole rings is 1. The number of rotatable bonds is 5. The summed E-state index contributed by atoms with van der Waals surface area (Å²) in [5.74, 6) is 1.28. The van der Waals surface area contributed by atoms with Crippen molar-refractivity contribution in [3.05, 3.63) is 64.8 Å². The van der Waals surface area contributed by atoms with E-state index in [2.05, 4.69) is 52.2 Å². The number of likely N-dealkylation sites (tertiary alicyclic amines) is 1. The molecular weight excluding hydrogens is 330 g/mol. The molecule has 4 nitrogen and oxygen atoms in total. The molecule has 128 valence electrons. The molecule has 0 bridgehead atoms. The molecule has 0 unspecified atom stereocenters. The first-order valence-corrected chi connectivity index (χ1v) is 9.50. The molecule has 0 spiro atoms. The zero-order valence-corrected chi connectivity index (χ0v) is 15.1. The van der Waals surface area contributed by atoms with Gasteiger partial charge in [0.25, 0.3) is 0 Å². The molecule has 3 aromatic rings. The summed E-state index contributed by atoms with van der Waals surface area (Å²) in [4.78, 5) is 19.7. The molecule has 1 fully saturated rings. The van der Waals surface area contributed by atoms with Crippen LogP contribution in [0.2, 0.25) is 0 Å². The first kappa shape index (κ1) is 16.1. The Bertz CT molecular complexity index is 896. The van der Waals surface area contributed by atoms with E-state index in [0.717, 1.165) is 25.3 Å². The first-order chi connectivity index (χ1) is 12.2. The lowest BCUT2D eigenvalue weighted by Gasteiger charge is -2.19. The Labute approximate surface area is 151 Å². The maximum absolute atomic E-state index is 12.0. The van der Waals surface area contributed by atoms with E-state index in [-0.39, 0.29) is 5.91 Å². The summed E-state index contributed by atoms with van der Waals surface area (Å²) in [6.45, 7) is 4.47. The number of amides is 1. The molecule has 0 radical (unpaired) electrons. The van der Waals surface area contributed by atoms with Crippen molar-refractivity contribution in [2.75, 3.05) is 6.54 Å². The molecule has 1 aliphatic heterocycles. The van der Waals surface area contributed by atoms with Gasteiger partial charge in [-0.3, -0.25) is 4.79 Å². The predicted molar refractivity (Wildman–Crippen MR) is 100 cm³/mol. The average Bonchev–Trinajstić information content (AvgIpc) is 3.32. The van der Waals surface area contributed by atoms with Crippen LogP contribution in [-0.2, 0) is 17.9 Å². The molecule has 5 heteroatoms. The predicted octanol–water partition coefficient (Wildman–Crippen LogP) is 4.09. The van der Waals surface area contributed by atoms with Crippen LogP contribution in [0.3, 0.4) is 0 Å². The normalized spacial score (nSPS) is 14.4. The summed E-state index contributed by atoms with van der Waals surface area (Å²) in [6, 6.07) is 10.5. The number of benzene rings is 1. The molecular formula is C20H21N3OS. The van der Waals surface area contributed by atoms with Gasteiger partial charge in [0.05, 0.1) is 4.88 Å². The maximum Gasteiger partial charge on any atom is 0.222 e. The summed E-state index contributed by atoms with van der Waals surface area (Å²) in [5.41, 5.74) is 3.73. The molecule has 1 amide bonds. The molecule has 2 aromatic heterocycles. The van der Waals surface area contributed by atoms with E-state index in [9.17, 15) is 4.79 Å². The molecule has 1 saturated heterocycles. The van der Waals surface area contributed by atoms with E-state index in [0.29, 0.717) is 13.0 Å². The number of carbonyl (C=O) groups excluding carboxylic acids is 1. The lowest BCUT2D eigenvalue weighted by Crippen LogP contribution is -2.24. The van der Waals surface area contributed by atoms with Gasteiger partial charge < -0.3 is 9.47 Å². The van der Waals surface area contributed by atoms with Crippen LogP contribution in [0.15, 0.2) is 48.1 Å². The van der Waals surface area contributed by atoms with Gasteiger partial charge in [-0.2, -0.15) is 0 Å². The van der Waals surface area contributed by atoms with Crippen molar-refractivity contribution in [2.24, 2.45) is 0 Å². The smallest absolute Gasteiger partial charge is 0.222 e. The molecule has 0 aliphatic carbocycles. The fourth-order valence-electron chi connectivity index (χ4n) is 3.37. The fraction of sp³-hybridized carbons (Fsp3) is 0.300. The largest absolute Gasteiger partial charge is 0.338 e. The van der Waals surface area contributed by atoms with Gasteiger partial charge in [-0.15, -0.1) is 11.3 Å². The van der Waals surface area contributed by atoms with Crippen LogP contribution < -0.4 is 0 Å². The molecule has 1 aromatic carbocycles. The monoisotopic (exact) mass is 351 g/mol. The van der Waals surface area contributed by atoms with Crippen LogP contribution in [0.4, 0.5) is 0 Å². The molecule has 25 heavy (non-hydrogen) atoms. The van der Waals surface area contributed by atoms with Crippen LogP contribution >= 0.6 is 11.3 Å². The van der Waals surface area contributed by atoms with E-state index in [1.165, 1.54) is 21.6 Å². The Balaban J connectivity index is 1.61. The van der Waals surface area contributed by atoms with Crippen LogP contribution in [-0.4, -0.2) is 26.9 Å². The number of aromatic nitrogens is 2. The summed E-state index contributed by atoms with van der Waals surface area (Å²) in [6.07, 6.45) is 5.56. The van der Waals surface area contributed by atoms with Gasteiger partial charge in [0, 0.05) is 38.4 Å². The van der Waals surface area contributed by atoms with Gasteiger partial charge in [0.1, 0.15) is 0 Å². The zero-order chi connectivity index (χ0) is 17.2. The minimum absolute atomic E-state index is 0.271. The summed E-state index contributed by atoms with van der Waals surface area (Å²) in [5, 5.41) is 2.11. The highest BCUT2D eigenvalue weighted by atomic mass is 32.1. The number of hydrogen-bond donors (Lipinski definition) is 0. The molecule has 0 saturated carbocycles. The van der Waals surface area contributed by atoms with Crippen molar-refractivity contribution in [3.8, 4) is 10.7 Å². The number of hydrogen-bond acceptors (Lipinski definition) is 3. The van der Waals surface area contributed by atoms with Crippen LogP contribution in [0, 0.1) is 6.92 Å². The molecule has 0 N–H and O–H groups in total. The van der Waals surface area contributed by atoms with Crippen molar-refractivity contribution < 1.29 is 4.79 Å². The van der Waals surface area contributed by atoms with E-state index in [1.54, 1.807) is 11.3 Å². The van der Waals surface area contributed by atoms with Crippen molar-refractivity contribution in [3.63, 3.8) is 0 Å². The van der Waals surface area contributed by atoms with Crippen molar-refractivity contribution in [1.29, 1.82) is 0 Å². The molecule has 4 rings (SSSR count). The topological polar surface area (TPSA) is 38.1 Å². The second kappa shape index (κ2) is 6.84. The number of thiophene rings is 1. The van der Waals surface area contributed by atoms with Crippen LogP contribution in [0.5, 0.6) is 0 Å². The van der Waals surface area contributed by atoms with Gasteiger partial charge >= 0.3 is 0 Å². The second-order valence-electron chi connectivity index (χ2n) is 6.50. The number of carbonyl (C=O) groups is 1. The third-order valence-corrected chi connectivity index (χ3v) is 5.78. The Morgan fingerprint density at radius 2 is 1.96 bits per heavy atom. The lowest BCUT2D eigenvalue weighted by atomic mass is 10.1. The van der Waals surface area contributed by atoms with Crippen molar-refractivity contribution >= 4 is 17.2 Å². The summed E-state index contributed by atoms with van der Waals surface area (Å²) >= 11 is 1.73. The van der Waals surface area contributed by atoms with Gasteiger partial charge in [-0.25, -0.2) is 4.98 Å². The Morgan fingerprint density at radius 3 is 2.64 bits per heavy atom. The Hall–Kier alpha value is -2.40. The lowest BCUT2D eigenvalue weighted by molar-refractivity contribution is -0.128. The fourth-order valence-corrected chi connectivity index (χ4v) is 4.31. The SMILES string of the molecule is Cc1ccsc1-c1nccn1Cc1ccccc1CN1CCCC1=O. The highest BCUT2D eigenvalue weighted by molar-refractivity contribution is 7.13. The number of nitrogens with zero attached hydrogens (tertiary/aromatic N) is 3. The van der Waals surface area contributed by atoms with E-state index in [4.69, 9.17) is 0 Å². The van der Waals surface area contributed by atoms with Gasteiger partial charge in [-0.05, 0) is 41.5 Å². The van der Waals surface area contributed by atoms with Crippen molar-refractivity contribution in [1.82, 2.24) is 14.5 Å². The average molecular weight is 351 g/mol. The highest BCUT2D eigenvalue weighted by Crippen LogP contribution is 2.28. The van der Waals surface area contributed by atoms with Gasteiger partial charge in [0.2, 0.25) is 5.91 Å². The second-order valence-corrected chi connectivity index (χ2v) is 7.42. The van der Waals surface area contributed by atoms with Gasteiger partial charge in [0.15, 0.2) is 5.82 Å². The summed E-state index contributed by atoms with van der Waals surface area (Å²) in [7, 11) is 0. The standard InChI is InChI=1S/C20H21N3OS/c1-15-8-12-25-19(15)20-21-9-11-23(20)14-17-6-3-2-5-16(17)13-22-10-4-7-18(22)24/h2-3,5-6,8-9,11-12H,4,7,10,13-14H2,1H3. The van der Waals surface area contributed by atoms with E-state index >= 15 is 0 Å². The summed E-state index contributed by atoms with van der Waals surface area (Å²) < 4.78 is 2.20. The quantitative estimate of drug-likeness (QED) is 0.694. The van der Waals surface area contributed by atoms with Crippen LogP contribution in [0.1, 0.15) is 29.5 Å². The highest BCUT2D eigenvalue weighted by Gasteiger charge is 2.21. The Morgan fingerprint density at radius 1 is 1.16 bits per heavy atom. The third-order valence-electron chi connectivity index (χ3n) is 4.77. The first-order valence-electron chi connectivity index (χ1n) is 8.62. The van der Waals surface area contributed by atoms with Gasteiger partial charge in [-0.1, -0.05) is 24.3 Å². The minimum atomic E-state index is 0.271. The van der Waals surface area contributed by atoms with Crippen molar-refractivity contribution in [2.45, 2.75) is 32.9 Å². The molecule has 1 aliphatic rings. The molecule has 0 atom stereocenters. The Kier molecular flexibility index (Phi) is 4.40. The minimum Gasteiger partial charge on any atom is -0.338 e. The van der Waals surface area contributed by atoms with E-state index < -0.39 is 0 Å². The third kappa shape index (κ3) is 3.24. The maximum atomic E-state index is 12.0. The zero-order valence-electron chi connectivity index (χ0n) is 14.3.